The van der Waals surface area contributed by atoms with Crippen molar-refractivity contribution in [3.63, 3.8) is 0 Å². The van der Waals surface area contributed by atoms with Gasteiger partial charge in [0.15, 0.2) is 11.9 Å². The van der Waals surface area contributed by atoms with E-state index in [2.05, 4.69) is 99.0 Å². The third-order valence-corrected chi connectivity index (χ3v) is 17.6. The van der Waals surface area contributed by atoms with Crippen molar-refractivity contribution in [1.82, 2.24) is 99.0 Å². The SMILES string of the molecule is C[C@@H](N)C(=O)N[C@H](CCCCN)C(=O)N[C@H](CCCNC(=N)N)C(=O)N[C@H](Cc1cnc[nH]1)C(=O)N[C@H](Cc1cnc[nH]1)C(=O)NCC(=O)N[C@H](Cc1ccc(O)cc1)C(=O)N[C@H](CCCCN)C(=O)N[C@H](CCCNC(=N)N)C(=O)N[C@H](CCCCN)C(=O)N[C@H](Cc1ccccc1)C(=O)N[C@H](Cc1cnc[nH]1)C(N)=O. The molecule has 11 atom stereocenters. The van der Waals surface area contributed by atoms with Crippen LogP contribution >= 0.6 is 0 Å². The van der Waals surface area contributed by atoms with Crippen LogP contribution in [-0.4, -0.2) is 224 Å². The highest BCUT2D eigenvalue weighted by atomic mass is 16.3. The minimum absolute atomic E-state index is 0.00709. The molecule has 0 spiro atoms. The summed E-state index contributed by atoms with van der Waals surface area (Å²) in [5, 5.41) is 60.1. The second kappa shape index (κ2) is 49.1. The Bertz CT molecular complexity index is 3790. The van der Waals surface area contributed by atoms with Gasteiger partial charge in [-0.15, -0.1) is 0 Å². The van der Waals surface area contributed by atoms with Gasteiger partial charge in [-0.2, -0.15) is 0 Å². The molecule has 3 heterocycles. The van der Waals surface area contributed by atoms with Crippen molar-refractivity contribution in [2.75, 3.05) is 39.3 Å². The van der Waals surface area contributed by atoms with E-state index in [0.29, 0.717) is 66.9 Å². The fraction of sp³-hybridized carbons (Fsp3) is 0.507. The first kappa shape index (κ1) is 90.5. The maximum Gasteiger partial charge on any atom is 0.243 e. The molecule has 5 rings (SSSR count). The van der Waals surface area contributed by atoms with Gasteiger partial charge < -0.3 is 129 Å². The quantitative estimate of drug-likeness (QED) is 0.00978. The molecule has 41 heteroatoms. The van der Waals surface area contributed by atoms with Crippen LogP contribution in [0.4, 0.5) is 0 Å². The third kappa shape index (κ3) is 33.8. The molecule has 0 radical (unpaired) electrons. The Labute approximate surface area is 647 Å². The second-order valence-corrected chi connectivity index (χ2v) is 26.8. The molecule has 0 fully saturated rings. The van der Waals surface area contributed by atoms with Gasteiger partial charge in [0.1, 0.15) is 66.2 Å². The number of hydrogen-bond donors (Lipinski definition) is 26. The molecular weight excluding hydrogens is 1450 g/mol. The van der Waals surface area contributed by atoms with Gasteiger partial charge in [-0.1, -0.05) is 42.5 Å². The predicted molar refractivity (Wildman–Crippen MR) is 411 cm³/mol. The van der Waals surface area contributed by atoms with Crippen LogP contribution in [0.1, 0.15) is 119 Å². The van der Waals surface area contributed by atoms with E-state index in [4.69, 9.17) is 51.0 Å². The Morgan fingerprint density at radius 3 is 1.04 bits per heavy atom. The molecule has 5 aromatic rings. The molecular formula is C71H110N28O13. The number of unbranched alkanes of at least 4 members (excludes halogenated alkanes) is 3. The van der Waals surface area contributed by atoms with Gasteiger partial charge in [-0.25, -0.2) is 15.0 Å². The van der Waals surface area contributed by atoms with Gasteiger partial charge in [0.25, 0.3) is 0 Å². The summed E-state index contributed by atoms with van der Waals surface area (Å²) in [6, 6.07) is -0.566. The number of nitrogens with one attached hydrogen (secondary N) is 18. The number of aromatic amines is 3. The number of primary amides is 1. The molecule has 0 saturated carbocycles. The van der Waals surface area contributed by atoms with Gasteiger partial charge in [0.05, 0.1) is 31.6 Å². The molecule has 0 aliphatic heterocycles. The molecule has 0 aliphatic rings. The average molecular weight is 1560 g/mol. The Morgan fingerprint density at radius 1 is 0.384 bits per heavy atom. The Kier molecular flexibility index (Phi) is 39.7. The zero-order chi connectivity index (χ0) is 81.9. The number of amides is 12. The van der Waals surface area contributed by atoms with Crippen molar-refractivity contribution in [2.24, 2.45) is 40.1 Å². The van der Waals surface area contributed by atoms with E-state index < -0.39 is 144 Å². The number of rotatable bonds is 53. The standard InChI is InChI=1S/C71H110N28O13/c1-41(75)60(103)91-48(15-5-8-24-72)62(105)94-52(19-12-28-85-71(79)80)66(109)99-57(33-46-36-83-40-89-46)69(112)98-56(32-45-35-82-39-88-45)61(104)86-37-58(101)90-54(30-43-20-22-47(100)23-21-43)67(110)95-49(16-6-9-25-73)63(106)93-51(18-11-27-84-70(77)78)64(107)92-50(17-7-10-26-74)65(108)97-55(29-42-13-3-2-4-14-42)68(111)96-53(59(76)102)31-44-34-81-38-87-44/h2-4,13-14,20-23,34-36,38-41,48-57,100H,5-12,15-19,24-33,37,72-75H2,1H3,(H2,76,102)(H,81,87)(H,82,88)(H,83,89)(H,86,104)(H,90,101)(H,91,103)(H,92,107)(H,93,106)(H,94,105)(H,95,110)(H,96,111)(H,97,108)(H,98,112)(H,99,109)(H4,77,78,84)(H4,79,80,85)/t41-,48-,49-,50-,51-,52-,53-,54-,55-,56-,57-/m1/s1. The second-order valence-electron chi connectivity index (χ2n) is 26.8. The number of aromatic hydroxyl groups is 1. The maximum atomic E-state index is 14.8. The van der Waals surface area contributed by atoms with E-state index in [1.165, 1.54) is 68.8 Å². The molecule has 0 bridgehead atoms. The number of carbonyl (C=O) groups excluding carboxylic acids is 12. The molecule has 0 aliphatic carbocycles. The minimum Gasteiger partial charge on any atom is -0.508 e. The van der Waals surface area contributed by atoms with Crippen LogP contribution in [0.5, 0.6) is 5.75 Å². The highest BCUT2D eigenvalue weighted by Gasteiger charge is 2.36. The van der Waals surface area contributed by atoms with Crippen molar-refractivity contribution in [2.45, 2.75) is 189 Å². The van der Waals surface area contributed by atoms with Crippen LogP contribution < -0.4 is 109 Å². The smallest absolute Gasteiger partial charge is 0.243 e. The number of imidazole rings is 3. The number of nitrogens with zero attached hydrogens (tertiary/aromatic N) is 3. The van der Waals surface area contributed by atoms with Crippen molar-refractivity contribution in [3.05, 3.63) is 120 Å². The fourth-order valence-corrected chi connectivity index (χ4v) is 11.5. The highest BCUT2D eigenvalue weighted by Crippen LogP contribution is 2.16. The van der Waals surface area contributed by atoms with Gasteiger partial charge in [-0.05, 0) is 133 Å². The molecule has 0 unspecified atom stereocenters. The molecule has 0 saturated heterocycles. The molecule has 12 amide bonds. The summed E-state index contributed by atoms with van der Waals surface area (Å²) < 4.78 is 0. The molecule has 112 heavy (non-hydrogen) atoms. The molecule has 3 aromatic heterocycles. The van der Waals surface area contributed by atoms with Crippen molar-refractivity contribution < 1.29 is 62.6 Å². The summed E-state index contributed by atoms with van der Waals surface area (Å²) in [6.07, 6.45) is 9.74. The summed E-state index contributed by atoms with van der Waals surface area (Å²) in [6.45, 7) is 1.44. The number of H-pyrrole nitrogens is 3. The summed E-state index contributed by atoms with van der Waals surface area (Å²) in [5.41, 5.74) is 42.3. The first-order valence-electron chi connectivity index (χ1n) is 37.0. The summed E-state index contributed by atoms with van der Waals surface area (Å²) in [5.74, 6) is -11.1. The molecule has 33 N–H and O–H groups in total. The van der Waals surface area contributed by atoms with E-state index in [9.17, 15) is 62.6 Å². The highest BCUT2D eigenvalue weighted by molar-refractivity contribution is 5.99. The van der Waals surface area contributed by atoms with Gasteiger partial charge >= 0.3 is 0 Å². The van der Waals surface area contributed by atoms with E-state index in [0.717, 1.165) is 0 Å². The number of nitrogens with two attached hydrogens (primary N) is 7. The maximum absolute atomic E-state index is 14.8. The lowest BCUT2D eigenvalue weighted by molar-refractivity contribution is -0.135. The first-order valence-corrected chi connectivity index (χ1v) is 37.0. The van der Waals surface area contributed by atoms with E-state index in [-0.39, 0.29) is 127 Å². The van der Waals surface area contributed by atoms with Crippen LogP contribution in [-0.2, 0) is 89.6 Å². The zero-order valence-electron chi connectivity index (χ0n) is 62.7. The van der Waals surface area contributed by atoms with E-state index in [1.807, 2.05) is 0 Å². The van der Waals surface area contributed by atoms with Crippen molar-refractivity contribution in [1.29, 1.82) is 10.8 Å². The van der Waals surface area contributed by atoms with Crippen LogP contribution in [0.2, 0.25) is 0 Å². The molecule has 612 valence electrons. The van der Waals surface area contributed by atoms with Crippen LogP contribution in [0, 0.1) is 10.8 Å². The average Bonchev–Trinajstić information content (AvgIpc) is 1.24. The topological polar surface area (TPSA) is 697 Å². The summed E-state index contributed by atoms with van der Waals surface area (Å²) >= 11 is 0. The van der Waals surface area contributed by atoms with Crippen LogP contribution in [0.3, 0.4) is 0 Å². The summed E-state index contributed by atoms with van der Waals surface area (Å²) in [4.78, 5) is 191. The lowest BCUT2D eigenvalue weighted by Crippen LogP contribution is -2.60. The Balaban J connectivity index is 1.39. The summed E-state index contributed by atoms with van der Waals surface area (Å²) in [7, 11) is 0. The normalized spacial score (nSPS) is 14.0. The Morgan fingerprint density at radius 2 is 0.696 bits per heavy atom. The third-order valence-electron chi connectivity index (χ3n) is 17.6. The van der Waals surface area contributed by atoms with E-state index >= 15 is 0 Å². The van der Waals surface area contributed by atoms with Crippen LogP contribution in [0.25, 0.3) is 0 Å². The number of guanidine groups is 2. The lowest BCUT2D eigenvalue weighted by Gasteiger charge is -2.28. The van der Waals surface area contributed by atoms with E-state index in [1.54, 1.807) is 30.3 Å². The molecule has 41 nitrogen and oxygen atoms in total. The zero-order valence-corrected chi connectivity index (χ0v) is 62.7. The number of benzene rings is 2. The monoisotopic (exact) mass is 1560 g/mol. The predicted octanol–water partition coefficient (Wildman–Crippen LogP) is -6.21. The van der Waals surface area contributed by atoms with Crippen molar-refractivity contribution in [3.8, 4) is 5.75 Å². The number of carbonyl (C=O) groups is 12. The number of aromatic nitrogens is 6. The number of hydrogen-bond acceptors (Lipinski definition) is 22. The fourth-order valence-electron chi connectivity index (χ4n) is 11.5. The first-order chi connectivity index (χ1) is 53.7. The minimum atomic E-state index is -1.53. The van der Waals surface area contributed by atoms with Crippen LogP contribution in [0.15, 0.2) is 92.2 Å². The van der Waals surface area contributed by atoms with Gasteiger partial charge in [-0.3, -0.25) is 68.4 Å². The number of phenols is 1. The van der Waals surface area contributed by atoms with Crippen molar-refractivity contribution >= 4 is 82.8 Å². The molecule has 2 aromatic carbocycles. The largest absolute Gasteiger partial charge is 0.508 e. The number of phenolic OH excluding ortho intramolecular Hbond substituents is 1. The van der Waals surface area contributed by atoms with Gasteiger partial charge in [0.2, 0.25) is 70.9 Å². The Hall–Kier alpha value is -12.1. The van der Waals surface area contributed by atoms with Gasteiger partial charge in [0, 0.05) is 80.9 Å². The lowest BCUT2D eigenvalue weighted by atomic mass is 10.0.